The highest BCUT2D eigenvalue weighted by molar-refractivity contribution is 7.81. The normalized spacial score (nSPS) is 19.3. The number of thiocarbonyl (C=S) groups is 1. The van der Waals surface area contributed by atoms with Crippen LogP contribution in [0, 0.1) is 0 Å². The Kier molecular flexibility index (Phi) is 8.27. The Balaban J connectivity index is 2.18. The van der Waals surface area contributed by atoms with Crippen molar-refractivity contribution in [1.29, 1.82) is 0 Å². The van der Waals surface area contributed by atoms with Gasteiger partial charge in [0.15, 0.2) is 0 Å². The summed E-state index contributed by atoms with van der Waals surface area (Å²) >= 11 is 5.27. The van der Waals surface area contributed by atoms with Crippen molar-refractivity contribution in [2.45, 2.75) is 71.1 Å². The number of ether oxygens (including phenoxy) is 1. The lowest BCUT2D eigenvalue weighted by Crippen LogP contribution is -2.49. The van der Waals surface area contributed by atoms with E-state index in [9.17, 15) is 9.59 Å². The average molecular weight is 448 g/mol. The Hall–Kier alpha value is -2.81. The number of nitrogens with one attached hydrogen (secondary N) is 3. The van der Waals surface area contributed by atoms with Gasteiger partial charge in [-0.05, 0) is 64.8 Å². The van der Waals surface area contributed by atoms with E-state index in [1.165, 1.54) is 0 Å². The molecule has 0 heterocycles. The van der Waals surface area contributed by atoms with Gasteiger partial charge < -0.3 is 32.2 Å². The van der Waals surface area contributed by atoms with Gasteiger partial charge in [-0.1, -0.05) is 25.1 Å². The highest BCUT2D eigenvalue weighted by atomic mass is 32.1. The minimum absolute atomic E-state index is 0.0201. The summed E-state index contributed by atoms with van der Waals surface area (Å²) in [4.78, 5) is 24.5. The second kappa shape index (κ2) is 10.5. The Morgan fingerprint density at radius 2 is 1.81 bits per heavy atom. The first-order chi connectivity index (χ1) is 14.4. The number of primary amides is 1. The quantitative estimate of drug-likeness (QED) is 0.332. The number of anilines is 2. The lowest BCUT2D eigenvalue weighted by Gasteiger charge is -2.34. The summed E-state index contributed by atoms with van der Waals surface area (Å²) < 4.78 is 5.41. The Bertz CT molecular complexity index is 859. The molecule has 7 N–H and O–H groups in total. The van der Waals surface area contributed by atoms with Crippen molar-refractivity contribution in [2.24, 2.45) is 11.5 Å². The fourth-order valence-corrected chi connectivity index (χ4v) is 3.77. The third-order valence-electron chi connectivity index (χ3n) is 4.72. The number of carbonyl (C=O) groups is 2. The fraction of sp³-hybridized carbons (Fsp3) is 0.500. The molecule has 9 heteroatoms. The van der Waals surface area contributed by atoms with Crippen LogP contribution < -0.4 is 27.4 Å². The number of rotatable bonds is 6. The molecule has 1 aliphatic rings. The molecular weight excluding hydrogens is 414 g/mol. The van der Waals surface area contributed by atoms with Crippen LogP contribution in [0.3, 0.4) is 0 Å². The summed E-state index contributed by atoms with van der Waals surface area (Å²) in [5, 5.41) is 9.48. The van der Waals surface area contributed by atoms with Crippen molar-refractivity contribution < 1.29 is 14.3 Å². The number of amides is 2. The highest BCUT2D eigenvalue weighted by Gasteiger charge is 2.28. The molecule has 2 amide bonds. The molecule has 0 radical (unpaired) electrons. The summed E-state index contributed by atoms with van der Waals surface area (Å²) in [6.07, 6.45) is 5.01. The molecule has 2 rings (SSSR count). The van der Waals surface area contributed by atoms with Crippen LogP contribution in [-0.2, 0) is 4.74 Å². The van der Waals surface area contributed by atoms with Gasteiger partial charge in [0.1, 0.15) is 10.6 Å². The largest absolute Gasteiger partial charge is 0.444 e. The predicted molar refractivity (Wildman–Crippen MR) is 128 cm³/mol. The maximum Gasteiger partial charge on any atom is 0.407 e. The number of allylic oxidation sites excluding steroid dienone is 1. The number of hydrogen-bond donors (Lipinski definition) is 5. The minimum atomic E-state index is -0.563. The SMILES string of the molecule is CC(N)=CC(=S)Nc1cc(N[C@@H]2CCCC[C@@H]2NC(=O)OC(C)(C)C)ccc1C(N)=O. The number of benzene rings is 1. The monoisotopic (exact) mass is 447 g/mol. The summed E-state index contributed by atoms with van der Waals surface area (Å²) in [6.45, 7) is 7.24. The van der Waals surface area contributed by atoms with Crippen molar-refractivity contribution in [3.8, 4) is 0 Å². The van der Waals surface area contributed by atoms with Crippen molar-refractivity contribution in [3.63, 3.8) is 0 Å². The number of carbonyl (C=O) groups excluding carboxylic acids is 2. The van der Waals surface area contributed by atoms with Crippen molar-refractivity contribution in [3.05, 3.63) is 35.5 Å². The van der Waals surface area contributed by atoms with Crippen LogP contribution in [0.4, 0.5) is 16.2 Å². The Labute approximate surface area is 189 Å². The molecule has 1 fully saturated rings. The average Bonchev–Trinajstić information content (AvgIpc) is 2.61. The van der Waals surface area contributed by atoms with Crippen LogP contribution >= 0.6 is 12.2 Å². The summed E-state index contributed by atoms with van der Waals surface area (Å²) in [5.41, 5.74) is 12.8. The van der Waals surface area contributed by atoms with Crippen molar-refractivity contribution in [1.82, 2.24) is 5.32 Å². The van der Waals surface area contributed by atoms with Gasteiger partial charge in [0, 0.05) is 17.4 Å². The van der Waals surface area contributed by atoms with Crippen LogP contribution in [-0.4, -0.2) is 34.7 Å². The maximum absolute atomic E-state index is 12.3. The van der Waals surface area contributed by atoms with Crippen LogP contribution in [0.25, 0.3) is 0 Å². The Morgan fingerprint density at radius 1 is 1.16 bits per heavy atom. The first-order valence-electron chi connectivity index (χ1n) is 10.4. The molecular formula is C22H33N5O3S. The first-order valence-corrected chi connectivity index (χ1v) is 10.8. The van der Waals surface area contributed by atoms with Gasteiger partial charge in [-0.3, -0.25) is 4.79 Å². The third-order valence-corrected chi connectivity index (χ3v) is 4.94. The van der Waals surface area contributed by atoms with Gasteiger partial charge in [-0.2, -0.15) is 0 Å². The number of alkyl carbamates (subject to hydrolysis) is 1. The van der Waals surface area contributed by atoms with E-state index in [-0.39, 0.29) is 12.1 Å². The van der Waals surface area contributed by atoms with E-state index in [1.54, 1.807) is 31.2 Å². The van der Waals surface area contributed by atoms with Gasteiger partial charge in [0.25, 0.3) is 5.91 Å². The van der Waals surface area contributed by atoms with Gasteiger partial charge in [-0.15, -0.1) is 0 Å². The van der Waals surface area contributed by atoms with Crippen LogP contribution in [0.1, 0.15) is 63.7 Å². The zero-order valence-electron chi connectivity index (χ0n) is 18.6. The van der Waals surface area contributed by atoms with E-state index in [0.717, 1.165) is 31.4 Å². The Morgan fingerprint density at radius 3 is 2.39 bits per heavy atom. The van der Waals surface area contributed by atoms with Gasteiger partial charge in [0.05, 0.1) is 17.3 Å². The van der Waals surface area contributed by atoms with E-state index < -0.39 is 17.6 Å². The maximum atomic E-state index is 12.3. The number of hydrogen-bond acceptors (Lipinski definition) is 6. The molecule has 0 aliphatic heterocycles. The standard InChI is InChI=1S/C22H33N5O3S/c1-13(23)11-19(31)26-18-12-14(9-10-15(18)20(24)28)25-16-7-5-6-8-17(16)27-21(29)30-22(2,3)4/h9-12,16-17,25H,5-8,23H2,1-4H3,(H2,24,28)(H,26,31)(H,27,29)/t16-,17+/m1/s1. The predicted octanol–water partition coefficient (Wildman–Crippen LogP) is 3.64. The molecule has 8 nitrogen and oxygen atoms in total. The highest BCUT2D eigenvalue weighted by Crippen LogP contribution is 2.26. The van der Waals surface area contributed by atoms with Gasteiger partial charge in [0.2, 0.25) is 0 Å². The lowest BCUT2D eigenvalue weighted by atomic mass is 9.90. The van der Waals surface area contributed by atoms with Gasteiger partial charge in [-0.25, -0.2) is 4.79 Å². The zero-order valence-corrected chi connectivity index (χ0v) is 19.4. The molecule has 0 spiro atoms. The third kappa shape index (κ3) is 8.09. The molecule has 1 aliphatic carbocycles. The molecule has 0 unspecified atom stereocenters. The molecule has 170 valence electrons. The molecule has 1 aromatic carbocycles. The summed E-state index contributed by atoms with van der Waals surface area (Å²) in [5.74, 6) is -0.563. The van der Waals surface area contributed by atoms with Crippen LogP contribution in [0.5, 0.6) is 0 Å². The summed E-state index contributed by atoms with van der Waals surface area (Å²) in [6, 6.07) is 5.17. The molecule has 1 saturated carbocycles. The van der Waals surface area contributed by atoms with Gasteiger partial charge >= 0.3 is 6.09 Å². The van der Waals surface area contributed by atoms with Crippen molar-refractivity contribution >= 4 is 40.6 Å². The minimum Gasteiger partial charge on any atom is -0.444 e. The molecule has 2 atom stereocenters. The van der Waals surface area contributed by atoms with Crippen molar-refractivity contribution in [2.75, 3.05) is 10.6 Å². The van der Waals surface area contributed by atoms with E-state index >= 15 is 0 Å². The smallest absolute Gasteiger partial charge is 0.407 e. The molecule has 31 heavy (non-hydrogen) atoms. The number of nitrogens with two attached hydrogens (primary N) is 2. The molecule has 1 aromatic rings. The van der Waals surface area contributed by atoms with E-state index in [4.69, 9.17) is 28.4 Å². The second-order valence-electron chi connectivity index (χ2n) is 8.79. The zero-order chi connectivity index (χ0) is 23.2. The molecule has 0 saturated heterocycles. The topological polar surface area (TPSA) is 132 Å². The summed E-state index contributed by atoms with van der Waals surface area (Å²) in [7, 11) is 0. The van der Waals surface area contributed by atoms with Crippen LogP contribution in [0.15, 0.2) is 30.0 Å². The molecule has 0 aromatic heterocycles. The molecule has 0 bridgehead atoms. The fourth-order valence-electron chi connectivity index (χ4n) is 3.48. The van der Waals surface area contributed by atoms with E-state index in [0.29, 0.717) is 21.9 Å². The first kappa shape index (κ1) is 24.5. The second-order valence-corrected chi connectivity index (χ2v) is 9.23. The van der Waals surface area contributed by atoms with E-state index in [1.807, 2.05) is 20.8 Å². The lowest BCUT2D eigenvalue weighted by molar-refractivity contribution is 0.0488. The van der Waals surface area contributed by atoms with E-state index in [2.05, 4.69) is 16.0 Å². The van der Waals surface area contributed by atoms with Crippen LogP contribution in [0.2, 0.25) is 0 Å².